The molecule has 4 aromatic carbocycles. The van der Waals surface area contributed by atoms with Crippen molar-refractivity contribution in [2.24, 2.45) is 0 Å². The van der Waals surface area contributed by atoms with Gasteiger partial charge in [-0.15, -0.1) is 11.8 Å². The molecule has 12 nitrogen and oxygen atoms in total. The zero-order chi connectivity index (χ0) is 41.8. The Morgan fingerprint density at radius 1 is 0.850 bits per heavy atom. The fraction of sp³-hybridized carbons (Fsp3) is 0.255. The highest BCUT2D eigenvalue weighted by Gasteiger charge is 2.71. The van der Waals surface area contributed by atoms with Gasteiger partial charge in [0, 0.05) is 46.1 Å². The summed E-state index contributed by atoms with van der Waals surface area (Å²) in [7, 11) is 3.04. The number of ether oxygens (including phenoxy) is 4. The minimum Gasteiger partial charge on any atom is -0.497 e. The molecular formula is C47H42N2O10S. The summed E-state index contributed by atoms with van der Waals surface area (Å²) >= 11 is 1.49. The first kappa shape index (κ1) is 39.2. The number of rotatable bonds is 13. The van der Waals surface area contributed by atoms with Crippen LogP contribution in [0.25, 0.3) is 33.4 Å². The van der Waals surface area contributed by atoms with E-state index in [4.69, 9.17) is 23.4 Å². The highest BCUT2D eigenvalue weighted by molar-refractivity contribution is 8.01. The number of aliphatic hydroxyl groups excluding tert-OH is 1. The van der Waals surface area contributed by atoms with E-state index in [1.807, 2.05) is 85.8 Å². The van der Waals surface area contributed by atoms with E-state index in [1.54, 1.807) is 31.4 Å². The molecule has 3 heterocycles. The number of thioether (sulfide) groups is 1. The van der Waals surface area contributed by atoms with Crippen LogP contribution in [-0.2, 0) is 27.4 Å². The van der Waals surface area contributed by atoms with Gasteiger partial charge in [-0.3, -0.25) is 9.59 Å². The molecule has 13 heteroatoms. The highest BCUT2D eigenvalue weighted by Crippen LogP contribution is 2.65. The van der Waals surface area contributed by atoms with E-state index in [0.717, 1.165) is 57.4 Å². The quantitative estimate of drug-likeness (QED) is 0.0802. The number of fused-ring (bicyclic) bond motifs is 3. The molecule has 3 atom stereocenters. The third-order valence-corrected chi connectivity index (χ3v) is 13.5. The molecule has 4 aromatic rings. The molecule has 3 unspecified atom stereocenters. The van der Waals surface area contributed by atoms with E-state index >= 15 is 0 Å². The van der Waals surface area contributed by atoms with Crippen LogP contribution in [0.15, 0.2) is 130 Å². The Kier molecular flexibility index (Phi) is 10.1. The maximum atomic E-state index is 13.1. The molecule has 1 amide bonds. The van der Waals surface area contributed by atoms with Crippen LogP contribution in [0.1, 0.15) is 29.5 Å². The topological polar surface area (TPSA) is 157 Å². The van der Waals surface area contributed by atoms with Crippen LogP contribution in [0.3, 0.4) is 0 Å². The molecule has 0 bridgehead atoms. The van der Waals surface area contributed by atoms with Crippen molar-refractivity contribution in [3.8, 4) is 39.7 Å². The summed E-state index contributed by atoms with van der Waals surface area (Å²) in [6, 6.07) is 33.0. The number of carbonyl (C=O) groups is 2. The maximum Gasteiger partial charge on any atom is 0.352 e. The number of nitrogens with one attached hydrogen (secondary N) is 1. The van der Waals surface area contributed by atoms with Gasteiger partial charge in [-0.25, -0.2) is 4.79 Å². The summed E-state index contributed by atoms with van der Waals surface area (Å²) in [5, 5.41) is 25.0. The van der Waals surface area contributed by atoms with Crippen LogP contribution in [0, 0.1) is 6.92 Å². The van der Waals surface area contributed by atoms with Gasteiger partial charge in [-0.1, -0.05) is 48.5 Å². The number of carboxylic acids is 1. The van der Waals surface area contributed by atoms with E-state index in [0.29, 0.717) is 28.4 Å². The molecule has 5 aliphatic rings. The first-order valence-corrected chi connectivity index (χ1v) is 20.4. The summed E-state index contributed by atoms with van der Waals surface area (Å²) < 4.78 is 29.4. The number of methoxy groups -OCH3 is 2. The number of aliphatic carboxylic acids is 1. The molecule has 0 aromatic heterocycles. The van der Waals surface area contributed by atoms with Gasteiger partial charge in [-0.2, -0.15) is 0 Å². The van der Waals surface area contributed by atoms with Crippen LogP contribution < -0.4 is 25.0 Å². The molecule has 3 N–H and O–H groups in total. The Morgan fingerprint density at radius 2 is 1.57 bits per heavy atom. The van der Waals surface area contributed by atoms with Gasteiger partial charge in [-0.05, 0) is 90.6 Å². The van der Waals surface area contributed by atoms with Gasteiger partial charge in [0.2, 0.25) is 11.6 Å². The Hall–Kier alpha value is -6.28. The second kappa shape index (κ2) is 15.4. The molecule has 60 heavy (non-hydrogen) atoms. The van der Waals surface area contributed by atoms with Crippen LogP contribution >= 0.6 is 11.8 Å². The lowest BCUT2D eigenvalue weighted by atomic mass is 9.91. The minimum absolute atomic E-state index is 0.00190. The maximum absolute atomic E-state index is 13.1. The van der Waals surface area contributed by atoms with Crippen molar-refractivity contribution in [3.05, 3.63) is 147 Å². The Labute approximate surface area is 349 Å². The van der Waals surface area contributed by atoms with Crippen molar-refractivity contribution in [2.75, 3.05) is 20.8 Å². The number of carboxylic acid groups (broad SMARTS) is 1. The molecule has 9 rings (SSSR count). The molecule has 306 valence electrons. The fourth-order valence-electron chi connectivity index (χ4n) is 8.31. The summed E-state index contributed by atoms with van der Waals surface area (Å²) in [5.41, 5.74) is 4.94. The van der Waals surface area contributed by atoms with E-state index in [9.17, 15) is 24.6 Å². The molecule has 2 aliphatic carbocycles. The second-order valence-electron chi connectivity index (χ2n) is 15.3. The van der Waals surface area contributed by atoms with Gasteiger partial charge >= 0.3 is 5.97 Å². The molecule has 2 fully saturated rings. The standard InChI is InChI=1S/C47H42N2O10S/c1-27-21-32(55-2)14-17-34(27)41-35-16-11-30(50)23-38(35)59-39-24-33(15-18-36(39)41)57-25-29-9-12-31(13-10-29)58-26-37-42(43(52)53)49-44(54)47(56-3,45(49)60-46(37)19-20-46)48-40(51)22-28-7-5-4-6-8-28/h4-18,21,23-24,44-45,54H,19-20,22,25-26H2,1-3H3,(H,48,51)(H,52,53). The lowest BCUT2D eigenvalue weighted by molar-refractivity contribution is -0.267. The predicted octanol–water partition coefficient (Wildman–Crippen LogP) is 7.12. The van der Waals surface area contributed by atoms with Crippen molar-refractivity contribution in [1.29, 1.82) is 0 Å². The monoisotopic (exact) mass is 826 g/mol. The number of benzene rings is 5. The number of amides is 1. The van der Waals surface area contributed by atoms with Crippen LogP contribution in [0.2, 0.25) is 0 Å². The van der Waals surface area contributed by atoms with Gasteiger partial charge < -0.3 is 43.8 Å². The van der Waals surface area contributed by atoms with E-state index < -0.39 is 28.0 Å². The smallest absolute Gasteiger partial charge is 0.352 e. The Morgan fingerprint density at radius 3 is 2.27 bits per heavy atom. The van der Waals surface area contributed by atoms with Crippen molar-refractivity contribution >= 4 is 34.6 Å². The fourth-order valence-corrected chi connectivity index (χ4v) is 10.2. The van der Waals surface area contributed by atoms with Gasteiger partial charge in [0.1, 0.15) is 52.9 Å². The summed E-state index contributed by atoms with van der Waals surface area (Å²) in [6.45, 7) is 2.27. The second-order valence-corrected chi connectivity index (χ2v) is 16.7. The summed E-state index contributed by atoms with van der Waals surface area (Å²) in [4.78, 5) is 39.7. The average Bonchev–Trinajstić information content (AvgIpc) is 4.03. The Bertz CT molecular complexity index is 2690. The van der Waals surface area contributed by atoms with Gasteiger partial charge in [0.15, 0.2) is 11.7 Å². The average molecular weight is 827 g/mol. The minimum atomic E-state index is -1.49. The molecule has 0 radical (unpaired) electrons. The van der Waals surface area contributed by atoms with Crippen LogP contribution in [0.5, 0.6) is 17.2 Å². The van der Waals surface area contributed by atoms with Crippen molar-refractivity contribution < 1.29 is 43.2 Å². The number of nitrogens with zero attached hydrogens (tertiary/aromatic N) is 1. The lowest BCUT2D eigenvalue weighted by Gasteiger charge is -2.62. The molecule has 1 saturated carbocycles. The summed E-state index contributed by atoms with van der Waals surface area (Å²) in [5.74, 6) is 0.828. The number of carbonyl (C=O) groups excluding carboxylic acids is 1. The van der Waals surface area contributed by atoms with Crippen LogP contribution in [0.4, 0.5) is 0 Å². The molecule has 1 saturated heterocycles. The SMILES string of the molecule is COc1ccc(-c2c3ccc(=O)cc-3oc3cc(OCc4ccc(OCC5=C(C(=O)O)N6C(O)C(NC(=O)Cc7ccccc7)(OC)C6SC56CC6)cc4)ccc23)c(C)c1. The lowest BCUT2D eigenvalue weighted by Crippen LogP contribution is -2.83. The highest BCUT2D eigenvalue weighted by atomic mass is 32.2. The van der Waals surface area contributed by atoms with Gasteiger partial charge in [0.05, 0.1) is 13.5 Å². The zero-order valence-corrected chi connectivity index (χ0v) is 33.9. The predicted molar refractivity (Wildman–Crippen MR) is 226 cm³/mol. The van der Waals surface area contributed by atoms with E-state index in [-0.39, 0.29) is 36.7 Å². The largest absolute Gasteiger partial charge is 0.497 e. The summed E-state index contributed by atoms with van der Waals surface area (Å²) in [6.07, 6.45) is 0.100. The van der Waals surface area contributed by atoms with Gasteiger partial charge in [0.25, 0.3) is 0 Å². The third kappa shape index (κ3) is 6.91. The van der Waals surface area contributed by atoms with Crippen molar-refractivity contribution in [2.45, 2.75) is 54.9 Å². The number of hydrogen-bond acceptors (Lipinski definition) is 11. The van der Waals surface area contributed by atoms with Crippen molar-refractivity contribution in [1.82, 2.24) is 10.2 Å². The third-order valence-electron chi connectivity index (χ3n) is 11.6. The first-order valence-electron chi connectivity index (χ1n) is 19.5. The van der Waals surface area contributed by atoms with E-state index in [2.05, 4.69) is 5.32 Å². The first-order chi connectivity index (χ1) is 29.0. The number of aliphatic hydroxyl groups is 1. The van der Waals surface area contributed by atoms with Crippen LogP contribution in [-0.4, -0.2) is 69.9 Å². The zero-order valence-electron chi connectivity index (χ0n) is 33.1. The Balaban J connectivity index is 0.896. The number of hydrogen-bond donors (Lipinski definition) is 3. The molecule has 1 spiro atoms. The van der Waals surface area contributed by atoms with E-state index in [1.165, 1.54) is 29.8 Å². The molecular weight excluding hydrogens is 785 g/mol. The molecule has 3 aliphatic heterocycles. The number of aryl methyl sites for hydroxylation is 1. The van der Waals surface area contributed by atoms with Crippen molar-refractivity contribution in [3.63, 3.8) is 0 Å². The normalized spacial score (nSPS) is 20.1.